The van der Waals surface area contributed by atoms with E-state index in [0.717, 1.165) is 5.56 Å². The Labute approximate surface area is 100 Å². The lowest BCUT2D eigenvalue weighted by atomic mass is 10.1. The Morgan fingerprint density at radius 2 is 2.19 bits per heavy atom. The first kappa shape index (κ1) is 11.1. The van der Waals surface area contributed by atoms with Crippen molar-refractivity contribution in [3.63, 3.8) is 0 Å². The van der Waals surface area contributed by atoms with Crippen molar-refractivity contribution in [3.05, 3.63) is 58.2 Å². The zero-order valence-corrected chi connectivity index (χ0v) is 9.83. The summed E-state index contributed by atoms with van der Waals surface area (Å²) in [5.41, 5.74) is 0.739. The second-order valence-electron chi connectivity index (χ2n) is 3.31. The molecule has 0 aliphatic heterocycles. The summed E-state index contributed by atoms with van der Waals surface area (Å²) in [7, 11) is 0. The monoisotopic (exact) mass is 282 g/mol. The molecule has 2 rings (SSSR count). The first-order chi connectivity index (χ1) is 7.66. The van der Waals surface area contributed by atoms with Crippen molar-refractivity contribution < 1.29 is 13.6 Å². The largest absolute Gasteiger partial charge is 0.461 e. The van der Waals surface area contributed by atoms with Gasteiger partial charge in [0.2, 0.25) is 5.78 Å². The molecule has 82 valence electrons. The van der Waals surface area contributed by atoms with Crippen LogP contribution >= 0.6 is 15.9 Å². The average Bonchev–Trinajstić information content (AvgIpc) is 2.75. The predicted molar refractivity (Wildman–Crippen MR) is 60.8 cm³/mol. The molecule has 1 aromatic carbocycles. The van der Waals surface area contributed by atoms with Crippen molar-refractivity contribution in [2.24, 2.45) is 0 Å². The molecule has 0 spiro atoms. The second-order valence-corrected chi connectivity index (χ2v) is 4.17. The number of benzene rings is 1. The van der Waals surface area contributed by atoms with Crippen molar-refractivity contribution in [1.82, 2.24) is 0 Å². The first-order valence-corrected chi connectivity index (χ1v) is 5.47. The fraction of sp³-hybridized carbons (Fsp3) is 0.0833. The van der Waals surface area contributed by atoms with Gasteiger partial charge < -0.3 is 4.42 Å². The number of furan rings is 1. The molecule has 0 atom stereocenters. The Hall–Kier alpha value is -1.42. The fourth-order valence-electron chi connectivity index (χ4n) is 1.36. The van der Waals surface area contributed by atoms with Gasteiger partial charge in [0.15, 0.2) is 5.76 Å². The van der Waals surface area contributed by atoms with Crippen LogP contribution in [0, 0.1) is 5.82 Å². The van der Waals surface area contributed by atoms with Gasteiger partial charge in [-0.25, -0.2) is 4.39 Å². The van der Waals surface area contributed by atoms with E-state index in [9.17, 15) is 9.18 Å². The van der Waals surface area contributed by atoms with Gasteiger partial charge in [0, 0.05) is 10.9 Å². The smallest absolute Gasteiger partial charge is 0.202 e. The van der Waals surface area contributed by atoms with Crippen LogP contribution in [0.2, 0.25) is 0 Å². The molecule has 4 heteroatoms. The highest BCUT2D eigenvalue weighted by Crippen LogP contribution is 2.20. The van der Waals surface area contributed by atoms with Crippen LogP contribution in [-0.4, -0.2) is 5.78 Å². The van der Waals surface area contributed by atoms with E-state index < -0.39 is 0 Å². The van der Waals surface area contributed by atoms with E-state index in [1.54, 1.807) is 18.2 Å². The van der Waals surface area contributed by atoms with Crippen molar-refractivity contribution in [2.45, 2.75) is 6.42 Å². The van der Waals surface area contributed by atoms with Crippen LogP contribution in [0.4, 0.5) is 4.39 Å². The summed E-state index contributed by atoms with van der Waals surface area (Å²) in [6.45, 7) is 0. The molecule has 0 aliphatic rings. The van der Waals surface area contributed by atoms with E-state index in [1.807, 2.05) is 0 Å². The molecule has 16 heavy (non-hydrogen) atoms. The minimum Gasteiger partial charge on any atom is -0.461 e. The van der Waals surface area contributed by atoms with Gasteiger partial charge in [-0.15, -0.1) is 0 Å². The van der Waals surface area contributed by atoms with Gasteiger partial charge in [0.05, 0.1) is 6.26 Å². The van der Waals surface area contributed by atoms with Crippen molar-refractivity contribution in [2.75, 3.05) is 0 Å². The zero-order valence-electron chi connectivity index (χ0n) is 8.24. The topological polar surface area (TPSA) is 30.2 Å². The SMILES string of the molecule is O=C(Cc1ccc(F)cc1Br)c1ccco1. The van der Waals surface area contributed by atoms with Crippen LogP contribution in [0.25, 0.3) is 0 Å². The number of halogens is 2. The van der Waals surface area contributed by atoms with Gasteiger partial charge in [-0.2, -0.15) is 0 Å². The van der Waals surface area contributed by atoms with Crippen LogP contribution in [0.3, 0.4) is 0 Å². The van der Waals surface area contributed by atoms with Crippen molar-refractivity contribution >= 4 is 21.7 Å². The van der Waals surface area contributed by atoms with E-state index in [1.165, 1.54) is 18.4 Å². The lowest BCUT2D eigenvalue weighted by molar-refractivity contribution is 0.0966. The number of carbonyl (C=O) groups is 1. The Morgan fingerprint density at radius 1 is 1.38 bits per heavy atom. The maximum Gasteiger partial charge on any atom is 0.202 e. The number of ketones is 1. The van der Waals surface area contributed by atoms with Gasteiger partial charge in [-0.1, -0.05) is 22.0 Å². The minimum atomic E-state index is -0.332. The third-order valence-electron chi connectivity index (χ3n) is 2.16. The Morgan fingerprint density at radius 3 is 2.81 bits per heavy atom. The number of Topliss-reactive ketones (excluding diaryl/α,β-unsaturated/α-hetero) is 1. The van der Waals surface area contributed by atoms with Crippen LogP contribution in [0.1, 0.15) is 16.1 Å². The molecule has 2 nitrogen and oxygen atoms in total. The number of rotatable bonds is 3. The van der Waals surface area contributed by atoms with E-state index >= 15 is 0 Å². The molecule has 1 heterocycles. The first-order valence-electron chi connectivity index (χ1n) is 4.67. The van der Waals surface area contributed by atoms with E-state index in [0.29, 0.717) is 10.2 Å². The van der Waals surface area contributed by atoms with Crippen LogP contribution in [0.5, 0.6) is 0 Å². The van der Waals surface area contributed by atoms with Gasteiger partial charge in [0.1, 0.15) is 5.82 Å². The molecule has 0 saturated heterocycles. The Bertz CT molecular complexity index is 506. The molecule has 0 aliphatic carbocycles. The van der Waals surface area contributed by atoms with E-state index in [2.05, 4.69) is 15.9 Å². The average molecular weight is 283 g/mol. The summed E-state index contributed by atoms with van der Waals surface area (Å²) in [4.78, 5) is 11.7. The number of carbonyl (C=O) groups excluding carboxylic acids is 1. The molecular weight excluding hydrogens is 275 g/mol. The molecule has 0 bridgehead atoms. The van der Waals surface area contributed by atoms with E-state index in [-0.39, 0.29) is 18.0 Å². The van der Waals surface area contributed by atoms with Gasteiger partial charge >= 0.3 is 0 Å². The van der Waals surface area contributed by atoms with Gasteiger partial charge in [-0.3, -0.25) is 4.79 Å². The normalized spacial score (nSPS) is 10.4. The molecule has 0 radical (unpaired) electrons. The summed E-state index contributed by atoms with van der Waals surface area (Å²) < 4.78 is 18.4. The van der Waals surface area contributed by atoms with E-state index in [4.69, 9.17) is 4.42 Å². The second kappa shape index (κ2) is 4.61. The standard InChI is InChI=1S/C12H8BrFO2/c13-10-7-9(14)4-3-8(10)6-11(15)12-2-1-5-16-12/h1-5,7H,6H2. The molecule has 2 aromatic rings. The molecule has 0 fully saturated rings. The van der Waals surface area contributed by atoms with Gasteiger partial charge in [-0.05, 0) is 29.8 Å². The molecular formula is C12H8BrFO2. The zero-order chi connectivity index (χ0) is 11.5. The quantitative estimate of drug-likeness (QED) is 0.805. The van der Waals surface area contributed by atoms with Crippen molar-refractivity contribution in [3.8, 4) is 0 Å². The Kier molecular flexibility index (Phi) is 3.19. The highest BCUT2D eigenvalue weighted by atomic mass is 79.9. The van der Waals surface area contributed by atoms with Crippen LogP contribution < -0.4 is 0 Å². The number of hydrogen-bond acceptors (Lipinski definition) is 2. The maximum atomic E-state index is 12.8. The molecule has 0 unspecified atom stereocenters. The maximum absolute atomic E-state index is 12.8. The van der Waals surface area contributed by atoms with Crippen molar-refractivity contribution in [1.29, 1.82) is 0 Å². The summed E-state index contributed by atoms with van der Waals surface area (Å²) in [6.07, 6.45) is 1.64. The fourth-order valence-corrected chi connectivity index (χ4v) is 1.85. The predicted octanol–water partition coefficient (Wildman–Crippen LogP) is 3.61. The number of hydrogen-bond donors (Lipinski definition) is 0. The third-order valence-corrected chi connectivity index (χ3v) is 2.90. The summed E-state index contributed by atoms with van der Waals surface area (Å²) in [5.74, 6) is -0.144. The van der Waals surface area contributed by atoms with Crippen LogP contribution in [-0.2, 0) is 6.42 Å². The molecule has 1 aromatic heterocycles. The lowest BCUT2D eigenvalue weighted by Gasteiger charge is -2.02. The molecule has 0 N–H and O–H groups in total. The summed E-state index contributed by atoms with van der Waals surface area (Å²) in [6, 6.07) is 7.52. The van der Waals surface area contributed by atoms with Crippen LogP contribution in [0.15, 0.2) is 45.5 Å². The minimum absolute atomic E-state index is 0.127. The molecule has 0 saturated carbocycles. The van der Waals surface area contributed by atoms with Gasteiger partial charge in [0.25, 0.3) is 0 Å². The Balaban J connectivity index is 2.18. The summed E-state index contributed by atoms with van der Waals surface area (Å²) in [5, 5.41) is 0. The third kappa shape index (κ3) is 2.39. The summed E-state index contributed by atoms with van der Waals surface area (Å²) >= 11 is 3.22. The molecule has 0 amide bonds. The highest BCUT2D eigenvalue weighted by molar-refractivity contribution is 9.10. The highest BCUT2D eigenvalue weighted by Gasteiger charge is 2.11. The lowest BCUT2D eigenvalue weighted by Crippen LogP contribution is -2.02.